The number of aromatic nitrogens is 2. The van der Waals surface area contributed by atoms with Gasteiger partial charge in [0.05, 0.1) is 27.6 Å². The van der Waals surface area contributed by atoms with Crippen molar-refractivity contribution in [2.45, 2.75) is 13.2 Å². The molecule has 0 saturated heterocycles. The second kappa shape index (κ2) is 6.04. The van der Waals surface area contributed by atoms with E-state index in [0.29, 0.717) is 6.67 Å². The fourth-order valence-electron chi connectivity index (χ4n) is 2.27. The molecule has 114 valence electrons. The Morgan fingerprint density at radius 3 is 2.91 bits per heavy atom. The molecule has 2 heterocycles. The van der Waals surface area contributed by atoms with Crippen molar-refractivity contribution in [2.75, 3.05) is 7.05 Å². The van der Waals surface area contributed by atoms with Gasteiger partial charge in [0.2, 0.25) is 0 Å². The Morgan fingerprint density at radius 1 is 1.41 bits per heavy atom. The molecule has 22 heavy (non-hydrogen) atoms. The van der Waals surface area contributed by atoms with E-state index in [0.717, 1.165) is 26.7 Å². The Labute approximate surface area is 135 Å². The van der Waals surface area contributed by atoms with Gasteiger partial charge in [-0.2, -0.15) is 5.10 Å². The number of non-ortho nitro benzene ring substituents is 1. The van der Waals surface area contributed by atoms with Crippen molar-refractivity contribution >= 4 is 39.5 Å². The minimum Gasteiger partial charge on any atom is -0.282 e. The second-order valence-electron chi connectivity index (χ2n) is 5.01. The van der Waals surface area contributed by atoms with E-state index in [1.165, 1.54) is 6.07 Å². The molecule has 0 atom stereocenters. The highest BCUT2D eigenvalue weighted by atomic mass is 35.5. The van der Waals surface area contributed by atoms with Gasteiger partial charge < -0.3 is 0 Å². The van der Waals surface area contributed by atoms with Crippen LogP contribution in [-0.2, 0) is 13.2 Å². The van der Waals surface area contributed by atoms with Crippen molar-refractivity contribution < 1.29 is 4.92 Å². The molecule has 0 amide bonds. The van der Waals surface area contributed by atoms with Crippen molar-refractivity contribution in [3.05, 3.63) is 55.9 Å². The third-order valence-corrected chi connectivity index (χ3v) is 4.49. The van der Waals surface area contributed by atoms with Crippen LogP contribution < -0.4 is 0 Å². The highest BCUT2D eigenvalue weighted by Crippen LogP contribution is 2.23. The van der Waals surface area contributed by atoms with Gasteiger partial charge in [0.1, 0.15) is 0 Å². The lowest BCUT2D eigenvalue weighted by Gasteiger charge is -2.16. The third kappa shape index (κ3) is 3.11. The van der Waals surface area contributed by atoms with Crippen LogP contribution in [0.5, 0.6) is 0 Å². The monoisotopic (exact) mass is 336 g/mol. The maximum absolute atomic E-state index is 10.9. The number of thiophene rings is 1. The smallest absolute Gasteiger partial charge is 0.271 e. The first kappa shape index (κ1) is 15.0. The average molecular weight is 337 g/mol. The fourth-order valence-corrected chi connectivity index (χ4v) is 3.43. The van der Waals surface area contributed by atoms with Crippen molar-refractivity contribution in [3.63, 3.8) is 0 Å². The molecule has 1 aromatic carbocycles. The Balaban J connectivity index is 1.80. The zero-order chi connectivity index (χ0) is 15.7. The van der Waals surface area contributed by atoms with E-state index in [4.69, 9.17) is 11.6 Å². The van der Waals surface area contributed by atoms with Crippen LogP contribution >= 0.6 is 22.9 Å². The number of benzene rings is 1. The molecule has 8 heteroatoms. The van der Waals surface area contributed by atoms with Gasteiger partial charge in [0, 0.05) is 28.9 Å². The number of fused-ring (bicyclic) bond motifs is 1. The number of hydrogen-bond acceptors (Lipinski definition) is 5. The van der Waals surface area contributed by atoms with Gasteiger partial charge in [-0.05, 0) is 25.2 Å². The topological polar surface area (TPSA) is 64.2 Å². The van der Waals surface area contributed by atoms with E-state index in [2.05, 4.69) is 10.00 Å². The summed E-state index contributed by atoms with van der Waals surface area (Å²) in [6.45, 7) is 1.29. The number of hydrogen-bond donors (Lipinski definition) is 0. The van der Waals surface area contributed by atoms with Gasteiger partial charge in [-0.3, -0.25) is 19.7 Å². The Hall–Kier alpha value is -1.96. The normalized spacial score (nSPS) is 11.4. The number of nitro groups is 1. The van der Waals surface area contributed by atoms with Crippen LogP contribution in [0.1, 0.15) is 4.88 Å². The summed E-state index contributed by atoms with van der Waals surface area (Å²) in [7, 11) is 1.97. The van der Waals surface area contributed by atoms with Gasteiger partial charge in [0.25, 0.3) is 5.69 Å². The summed E-state index contributed by atoms with van der Waals surface area (Å²) >= 11 is 7.47. The molecule has 0 saturated carbocycles. The van der Waals surface area contributed by atoms with E-state index in [1.54, 1.807) is 34.3 Å². The van der Waals surface area contributed by atoms with Gasteiger partial charge in [-0.15, -0.1) is 11.3 Å². The van der Waals surface area contributed by atoms with Crippen LogP contribution in [0.25, 0.3) is 10.9 Å². The summed E-state index contributed by atoms with van der Waals surface area (Å²) in [6, 6.07) is 8.64. The Morgan fingerprint density at radius 2 is 2.23 bits per heavy atom. The molecule has 0 aliphatic rings. The van der Waals surface area contributed by atoms with Gasteiger partial charge in [-0.25, -0.2) is 0 Å². The SMILES string of the molecule is CN(Cc1ccc(Cl)s1)Cn1ncc2ccc([N+](=O)[O-])cc21. The van der Waals surface area contributed by atoms with E-state index in [9.17, 15) is 10.1 Å². The van der Waals surface area contributed by atoms with Gasteiger partial charge >= 0.3 is 0 Å². The van der Waals surface area contributed by atoms with E-state index >= 15 is 0 Å². The highest BCUT2D eigenvalue weighted by molar-refractivity contribution is 7.16. The number of nitrogens with zero attached hydrogens (tertiary/aromatic N) is 4. The number of nitro benzene ring substituents is 1. The minimum atomic E-state index is -0.395. The van der Waals surface area contributed by atoms with E-state index < -0.39 is 4.92 Å². The fraction of sp³-hybridized carbons (Fsp3) is 0.214. The second-order valence-corrected chi connectivity index (χ2v) is 6.81. The van der Waals surface area contributed by atoms with E-state index in [-0.39, 0.29) is 5.69 Å². The van der Waals surface area contributed by atoms with Crippen LogP contribution in [-0.4, -0.2) is 26.7 Å². The summed E-state index contributed by atoms with van der Waals surface area (Å²) < 4.78 is 2.53. The lowest BCUT2D eigenvalue weighted by molar-refractivity contribution is -0.384. The molecule has 0 spiro atoms. The van der Waals surface area contributed by atoms with Crippen molar-refractivity contribution in [1.82, 2.24) is 14.7 Å². The molecule has 6 nitrogen and oxygen atoms in total. The summed E-state index contributed by atoms with van der Waals surface area (Å²) in [5.41, 5.74) is 0.826. The zero-order valence-corrected chi connectivity index (χ0v) is 13.3. The molecule has 3 rings (SSSR count). The highest BCUT2D eigenvalue weighted by Gasteiger charge is 2.11. The number of halogens is 1. The maximum atomic E-state index is 10.9. The summed E-state index contributed by atoms with van der Waals surface area (Å²) in [4.78, 5) is 13.7. The number of rotatable bonds is 5. The lowest BCUT2D eigenvalue weighted by atomic mass is 10.2. The van der Waals surface area contributed by atoms with Crippen LogP contribution in [0.15, 0.2) is 36.5 Å². The first-order valence-corrected chi connectivity index (χ1v) is 7.75. The van der Waals surface area contributed by atoms with Gasteiger partial charge in [-0.1, -0.05) is 11.6 Å². The van der Waals surface area contributed by atoms with Gasteiger partial charge in [0.15, 0.2) is 0 Å². The van der Waals surface area contributed by atoms with Crippen molar-refractivity contribution in [1.29, 1.82) is 0 Å². The van der Waals surface area contributed by atoms with Crippen LogP contribution in [0.2, 0.25) is 4.34 Å². The molecule has 0 radical (unpaired) electrons. The Kier molecular flexibility index (Phi) is 4.10. The summed E-state index contributed by atoms with van der Waals surface area (Å²) in [5.74, 6) is 0. The quantitative estimate of drug-likeness (QED) is 0.526. The Bertz CT molecular complexity index is 829. The molecular weight excluding hydrogens is 324 g/mol. The van der Waals surface area contributed by atoms with Crippen LogP contribution in [0, 0.1) is 10.1 Å². The third-order valence-electron chi connectivity index (χ3n) is 3.27. The largest absolute Gasteiger partial charge is 0.282 e. The molecule has 0 unspecified atom stereocenters. The van der Waals surface area contributed by atoms with Crippen molar-refractivity contribution in [2.24, 2.45) is 0 Å². The summed E-state index contributed by atoms with van der Waals surface area (Å²) in [6.07, 6.45) is 1.72. The molecule has 2 aromatic heterocycles. The van der Waals surface area contributed by atoms with Crippen LogP contribution in [0.4, 0.5) is 5.69 Å². The first-order chi connectivity index (χ1) is 10.5. The van der Waals surface area contributed by atoms with Crippen LogP contribution in [0.3, 0.4) is 0 Å². The lowest BCUT2D eigenvalue weighted by Crippen LogP contribution is -2.21. The molecule has 0 fully saturated rings. The maximum Gasteiger partial charge on any atom is 0.271 e. The molecule has 0 aliphatic heterocycles. The predicted molar refractivity (Wildman–Crippen MR) is 87.2 cm³/mol. The average Bonchev–Trinajstić information content (AvgIpc) is 3.05. The molecule has 3 aromatic rings. The first-order valence-electron chi connectivity index (χ1n) is 6.55. The zero-order valence-electron chi connectivity index (χ0n) is 11.8. The predicted octanol–water partition coefficient (Wildman–Crippen LogP) is 3.75. The molecular formula is C14H13ClN4O2S. The molecule has 0 N–H and O–H groups in total. The van der Waals surface area contributed by atoms with Crippen molar-refractivity contribution in [3.8, 4) is 0 Å². The molecule has 0 aliphatic carbocycles. The standard InChI is InChI=1S/C14H13ClN4O2S/c1-17(8-12-4-5-14(15)22-12)9-18-13-6-11(19(20)21)3-2-10(13)7-16-18/h2-7H,8-9H2,1H3. The molecule has 0 bridgehead atoms. The van der Waals surface area contributed by atoms with E-state index in [1.807, 2.05) is 19.2 Å². The minimum absolute atomic E-state index is 0.0712. The summed E-state index contributed by atoms with van der Waals surface area (Å²) in [5, 5.41) is 16.1.